The van der Waals surface area contributed by atoms with E-state index in [1.165, 1.54) is 0 Å². The molecule has 6 heteroatoms. The predicted molar refractivity (Wildman–Crippen MR) is 53.1 cm³/mol. The van der Waals surface area contributed by atoms with Crippen molar-refractivity contribution >= 4 is 6.09 Å². The third kappa shape index (κ3) is 3.04. The Labute approximate surface area is 93.2 Å². The molecule has 1 fully saturated rings. The molecule has 94 valence electrons. The van der Waals surface area contributed by atoms with Gasteiger partial charge in [-0.25, -0.2) is 13.6 Å². The SMILES string of the molecule is CC(C)(C)OC(=O)N1CCCC(F)(F)[C@@H]1O. The summed E-state index contributed by atoms with van der Waals surface area (Å²) in [4.78, 5) is 12.2. The molecule has 4 nitrogen and oxygen atoms in total. The Hall–Kier alpha value is -0.910. The number of aliphatic hydroxyl groups excluding tert-OH is 1. The van der Waals surface area contributed by atoms with Gasteiger partial charge in [0, 0.05) is 13.0 Å². The third-order valence-electron chi connectivity index (χ3n) is 2.21. The fourth-order valence-corrected chi connectivity index (χ4v) is 1.48. The van der Waals surface area contributed by atoms with Gasteiger partial charge in [0.15, 0.2) is 6.23 Å². The van der Waals surface area contributed by atoms with E-state index < -0.39 is 30.3 Å². The smallest absolute Gasteiger partial charge is 0.412 e. The lowest BCUT2D eigenvalue weighted by Gasteiger charge is -2.38. The minimum atomic E-state index is -3.25. The standard InChI is InChI=1S/C10H17F2NO3/c1-9(2,3)16-8(15)13-6-4-5-10(11,12)7(13)14/h7,14H,4-6H2,1-3H3/t7-/m0/s1. The molecule has 1 amide bonds. The molecule has 1 rings (SSSR count). The van der Waals surface area contributed by atoms with Gasteiger partial charge in [-0.15, -0.1) is 0 Å². The highest BCUT2D eigenvalue weighted by Gasteiger charge is 2.47. The van der Waals surface area contributed by atoms with Gasteiger partial charge >= 0.3 is 6.09 Å². The van der Waals surface area contributed by atoms with Crippen LogP contribution in [0.2, 0.25) is 0 Å². The Morgan fingerprint density at radius 1 is 1.50 bits per heavy atom. The molecule has 0 saturated carbocycles. The quantitative estimate of drug-likeness (QED) is 0.700. The first-order valence-electron chi connectivity index (χ1n) is 5.19. The summed E-state index contributed by atoms with van der Waals surface area (Å²) in [6.07, 6.45) is -3.24. The maximum Gasteiger partial charge on any atom is 0.412 e. The summed E-state index contributed by atoms with van der Waals surface area (Å²) in [5, 5.41) is 9.34. The van der Waals surface area contributed by atoms with E-state index in [1.54, 1.807) is 20.8 Å². The number of carbonyl (C=O) groups excluding carboxylic acids is 1. The number of halogens is 2. The zero-order valence-corrected chi connectivity index (χ0v) is 9.67. The van der Waals surface area contributed by atoms with Crippen molar-refractivity contribution in [2.45, 2.75) is 51.4 Å². The maximum absolute atomic E-state index is 13.1. The van der Waals surface area contributed by atoms with Gasteiger partial charge in [-0.2, -0.15) is 0 Å². The molecule has 1 heterocycles. The van der Waals surface area contributed by atoms with E-state index in [1.807, 2.05) is 0 Å². The lowest BCUT2D eigenvalue weighted by Crippen LogP contribution is -2.55. The average Bonchev–Trinajstić information content (AvgIpc) is 2.06. The van der Waals surface area contributed by atoms with Crippen LogP contribution in [0.4, 0.5) is 13.6 Å². The minimum Gasteiger partial charge on any atom is -0.444 e. The van der Waals surface area contributed by atoms with Crippen LogP contribution in [0.25, 0.3) is 0 Å². The van der Waals surface area contributed by atoms with Gasteiger partial charge in [0.25, 0.3) is 5.92 Å². The van der Waals surface area contributed by atoms with E-state index in [9.17, 15) is 18.7 Å². The van der Waals surface area contributed by atoms with Crippen LogP contribution in [-0.4, -0.2) is 40.4 Å². The fraction of sp³-hybridized carbons (Fsp3) is 0.900. The molecule has 0 spiro atoms. The first kappa shape index (κ1) is 13.2. The second-order valence-corrected chi connectivity index (χ2v) is 4.91. The first-order valence-corrected chi connectivity index (χ1v) is 5.19. The number of carbonyl (C=O) groups is 1. The zero-order valence-electron chi connectivity index (χ0n) is 9.67. The third-order valence-corrected chi connectivity index (χ3v) is 2.21. The van der Waals surface area contributed by atoms with Crippen molar-refractivity contribution in [3.05, 3.63) is 0 Å². The van der Waals surface area contributed by atoms with Crippen molar-refractivity contribution in [3.8, 4) is 0 Å². The number of nitrogens with zero attached hydrogens (tertiary/aromatic N) is 1. The monoisotopic (exact) mass is 237 g/mol. The van der Waals surface area contributed by atoms with Crippen molar-refractivity contribution in [1.29, 1.82) is 0 Å². The normalized spacial score (nSPS) is 25.4. The molecule has 1 atom stereocenters. The molecule has 16 heavy (non-hydrogen) atoms. The van der Waals surface area contributed by atoms with Crippen LogP contribution in [0, 0.1) is 0 Å². The Bertz CT molecular complexity index is 276. The van der Waals surface area contributed by atoms with Crippen molar-refractivity contribution < 1.29 is 23.4 Å². The van der Waals surface area contributed by atoms with Crippen LogP contribution in [0.15, 0.2) is 0 Å². The van der Waals surface area contributed by atoms with Crippen molar-refractivity contribution in [2.75, 3.05) is 6.54 Å². The van der Waals surface area contributed by atoms with E-state index in [0.717, 1.165) is 0 Å². The van der Waals surface area contributed by atoms with Crippen molar-refractivity contribution in [1.82, 2.24) is 4.90 Å². The van der Waals surface area contributed by atoms with E-state index in [4.69, 9.17) is 4.74 Å². The summed E-state index contributed by atoms with van der Waals surface area (Å²) < 4.78 is 31.2. The van der Waals surface area contributed by atoms with Crippen LogP contribution in [0.1, 0.15) is 33.6 Å². The number of amides is 1. The number of hydrogen-bond acceptors (Lipinski definition) is 3. The topological polar surface area (TPSA) is 49.8 Å². The van der Waals surface area contributed by atoms with Crippen LogP contribution < -0.4 is 0 Å². The summed E-state index contributed by atoms with van der Waals surface area (Å²) in [7, 11) is 0. The van der Waals surface area contributed by atoms with Crippen LogP contribution >= 0.6 is 0 Å². The van der Waals surface area contributed by atoms with Crippen LogP contribution in [0.5, 0.6) is 0 Å². The van der Waals surface area contributed by atoms with Gasteiger partial charge in [-0.05, 0) is 27.2 Å². The summed E-state index contributed by atoms with van der Waals surface area (Å²) in [5.74, 6) is -3.25. The van der Waals surface area contributed by atoms with Gasteiger partial charge < -0.3 is 9.84 Å². The highest BCUT2D eigenvalue weighted by molar-refractivity contribution is 5.68. The molecule has 0 radical (unpaired) electrons. The number of rotatable bonds is 0. The predicted octanol–water partition coefficient (Wildman–Crippen LogP) is 1.97. The second kappa shape index (κ2) is 4.16. The Morgan fingerprint density at radius 2 is 2.06 bits per heavy atom. The van der Waals surface area contributed by atoms with Gasteiger partial charge in [-0.3, -0.25) is 4.90 Å². The maximum atomic E-state index is 13.1. The molecular weight excluding hydrogens is 220 g/mol. The van der Waals surface area contributed by atoms with E-state index in [2.05, 4.69) is 0 Å². The first-order chi connectivity index (χ1) is 7.13. The fourth-order valence-electron chi connectivity index (χ4n) is 1.48. The molecule has 0 bridgehead atoms. The van der Waals surface area contributed by atoms with Gasteiger partial charge in [0.2, 0.25) is 0 Å². The van der Waals surface area contributed by atoms with Crippen molar-refractivity contribution in [2.24, 2.45) is 0 Å². The van der Waals surface area contributed by atoms with E-state index in [0.29, 0.717) is 4.90 Å². The van der Waals surface area contributed by atoms with E-state index in [-0.39, 0.29) is 13.0 Å². The molecule has 0 aromatic heterocycles. The molecule has 1 aliphatic heterocycles. The lowest BCUT2D eigenvalue weighted by atomic mass is 10.1. The summed E-state index contributed by atoms with van der Waals surface area (Å²) in [6, 6.07) is 0. The minimum absolute atomic E-state index is 0.0890. The van der Waals surface area contributed by atoms with Crippen molar-refractivity contribution in [3.63, 3.8) is 0 Å². The number of alkyl halides is 2. The van der Waals surface area contributed by atoms with Gasteiger partial charge in [0.05, 0.1) is 0 Å². The molecule has 1 saturated heterocycles. The Morgan fingerprint density at radius 3 is 2.56 bits per heavy atom. The molecule has 0 unspecified atom stereocenters. The second-order valence-electron chi connectivity index (χ2n) is 4.91. The lowest BCUT2D eigenvalue weighted by molar-refractivity contribution is -0.191. The largest absolute Gasteiger partial charge is 0.444 e. The summed E-state index contributed by atoms with van der Waals surface area (Å²) in [5.41, 5.74) is -0.760. The van der Waals surface area contributed by atoms with Gasteiger partial charge in [-0.1, -0.05) is 0 Å². The summed E-state index contributed by atoms with van der Waals surface area (Å²) in [6.45, 7) is 5.00. The van der Waals surface area contributed by atoms with Crippen LogP contribution in [0.3, 0.4) is 0 Å². The average molecular weight is 237 g/mol. The Balaban J connectivity index is 2.69. The highest BCUT2D eigenvalue weighted by Crippen LogP contribution is 2.32. The van der Waals surface area contributed by atoms with Gasteiger partial charge in [0.1, 0.15) is 5.60 Å². The van der Waals surface area contributed by atoms with Crippen LogP contribution in [-0.2, 0) is 4.74 Å². The zero-order chi connectivity index (χ0) is 12.6. The number of piperidine rings is 1. The number of likely N-dealkylation sites (tertiary alicyclic amines) is 1. The number of ether oxygens (including phenoxy) is 1. The number of aliphatic hydroxyl groups is 1. The molecule has 0 aromatic carbocycles. The molecule has 1 N–H and O–H groups in total. The summed E-state index contributed by atoms with van der Waals surface area (Å²) >= 11 is 0. The molecular formula is C10H17F2NO3. The molecule has 0 aliphatic carbocycles. The Kier molecular flexibility index (Phi) is 3.42. The highest BCUT2D eigenvalue weighted by atomic mass is 19.3. The molecule has 1 aliphatic rings. The van der Waals surface area contributed by atoms with E-state index >= 15 is 0 Å². The number of hydrogen-bond donors (Lipinski definition) is 1. The molecule has 0 aromatic rings.